The summed E-state index contributed by atoms with van der Waals surface area (Å²) >= 11 is 0. The number of hydrogen-bond donors (Lipinski definition) is 0. The van der Waals surface area contributed by atoms with Crippen molar-refractivity contribution in [3.8, 4) is 11.3 Å². The molecule has 1 unspecified atom stereocenters. The van der Waals surface area contributed by atoms with Crippen LogP contribution >= 0.6 is 0 Å². The normalized spacial score (nSPS) is 16.9. The van der Waals surface area contributed by atoms with Crippen LogP contribution in [-0.4, -0.2) is 39.0 Å². The zero-order chi connectivity index (χ0) is 23.0. The molecule has 0 saturated carbocycles. The van der Waals surface area contributed by atoms with Crippen molar-refractivity contribution in [1.29, 1.82) is 0 Å². The lowest BCUT2D eigenvalue weighted by Gasteiger charge is -2.33. The number of piperidine rings is 1. The second kappa shape index (κ2) is 8.41. The molecule has 3 heterocycles. The van der Waals surface area contributed by atoms with Crippen molar-refractivity contribution in [1.82, 2.24) is 20.0 Å². The summed E-state index contributed by atoms with van der Waals surface area (Å²) in [4.78, 5) is 24.1. The number of aryl methyl sites for hydroxylation is 1. The van der Waals surface area contributed by atoms with Crippen molar-refractivity contribution < 1.29 is 18.1 Å². The lowest BCUT2D eigenvalue weighted by Crippen LogP contribution is -2.39. The van der Waals surface area contributed by atoms with Crippen LogP contribution in [-0.2, 0) is 5.41 Å². The molecular formula is C24H26F2N4O2. The van der Waals surface area contributed by atoms with Crippen molar-refractivity contribution >= 4 is 5.91 Å². The number of rotatable bonds is 3. The Morgan fingerprint density at radius 3 is 2.62 bits per heavy atom. The molecule has 4 rings (SSSR count). The van der Waals surface area contributed by atoms with Crippen molar-refractivity contribution in [3.63, 3.8) is 0 Å². The van der Waals surface area contributed by atoms with Gasteiger partial charge in [-0.1, -0.05) is 25.9 Å². The van der Waals surface area contributed by atoms with Crippen LogP contribution in [0.4, 0.5) is 8.78 Å². The number of amides is 1. The van der Waals surface area contributed by atoms with Gasteiger partial charge in [-0.25, -0.2) is 18.7 Å². The maximum atomic E-state index is 13.7. The minimum atomic E-state index is -1.03. The number of nitrogens with zero attached hydrogens (tertiary/aromatic N) is 4. The first-order valence-corrected chi connectivity index (χ1v) is 10.7. The van der Waals surface area contributed by atoms with E-state index in [1.165, 1.54) is 6.07 Å². The zero-order valence-electron chi connectivity index (χ0n) is 18.7. The minimum absolute atomic E-state index is 0.0532. The number of carbonyl (C=O) groups is 1. The van der Waals surface area contributed by atoms with Gasteiger partial charge in [0.15, 0.2) is 17.4 Å². The van der Waals surface area contributed by atoms with Crippen molar-refractivity contribution in [3.05, 3.63) is 64.9 Å². The maximum Gasteiger partial charge on any atom is 0.253 e. The number of likely N-dealkylation sites (tertiary alicyclic amines) is 1. The highest BCUT2D eigenvalue weighted by molar-refractivity contribution is 5.94. The maximum absolute atomic E-state index is 13.7. The average molecular weight is 440 g/mol. The second-order valence-electron chi connectivity index (χ2n) is 9.29. The van der Waals surface area contributed by atoms with E-state index in [2.05, 4.69) is 10.1 Å². The van der Waals surface area contributed by atoms with Gasteiger partial charge in [0, 0.05) is 42.2 Å². The van der Waals surface area contributed by atoms with Crippen molar-refractivity contribution in [2.45, 2.75) is 51.9 Å². The SMILES string of the molecule is Cc1cc(-c2cnc(C(C)(C)C)nc2C2CCCN(C(=O)c3ccc(F)c(F)c3)C2)on1. The largest absolute Gasteiger partial charge is 0.356 e. The summed E-state index contributed by atoms with van der Waals surface area (Å²) in [5.74, 6) is -1.09. The topological polar surface area (TPSA) is 72.1 Å². The Labute approximate surface area is 185 Å². The van der Waals surface area contributed by atoms with Gasteiger partial charge in [0.1, 0.15) is 5.82 Å². The monoisotopic (exact) mass is 440 g/mol. The van der Waals surface area contributed by atoms with Crippen LogP contribution < -0.4 is 0 Å². The summed E-state index contributed by atoms with van der Waals surface area (Å²) in [5, 5.41) is 3.99. The van der Waals surface area contributed by atoms with E-state index in [4.69, 9.17) is 9.51 Å². The first-order valence-electron chi connectivity index (χ1n) is 10.7. The Morgan fingerprint density at radius 2 is 1.97 bits per heavy atom. The highest BCUT2D eigenvalue weighted by Crippen LogP contribution is 2.35. The summed E-state index contributed by atoms with van der Waals surface area (Å²) in [5.41, 5.74) is 2.20. The Hall–Kier alpha value is -3.16. The fourth-order valence-corrected chi connectivity index (χ4v) is 3.94. The van der Waals surface area contributed by atoms with Gasteiger partial charge in [0.25, 0.3) is 5.91 Å². The third-order valence-electron chi connectivity index (χ3n) is 5.64. The molecule has 1 atom stereocenters. The van der Waals surface area contributed by atoms with E-state index in [1.54, 1.807) is 11.1 Å². The summed E-state index contributed by atoms with van der Waals surface area (Å²) < 4.78 is 32.5. The lowest BCUT2D eigenvalue weighted by atomic mass is 9.89. The molecule has 6 nitrogen and oxygen atoms in total. The average Bonchev–Trinajstić information content (AvgIpc) is 3.20. The van der Waals surface area contributed by atoms with Gasteiger partial charge in [-0.3, -0.25) is 4.79 Å². The van der Waals surface area contributed by atoms with Gasteiger partial charge in [0.05, 0.1) is 17.0 Å². The van der Waals surface area contributed by atoms with E-state index in [9.17, 15) is 13.6 Å². The van der Waals surface area contributed by atoms with E-state index in [1.807, 2.05) is 33.8 Å². The van der Waals surface area contributed by atoms with Crippen LogP contribution in [0.3, 0.4) is 0 Å². The van der Waals surface area contributed by atoms with Crippen molar-refractivity contribution in [2.24, 2.45) is 0 Å². The predicted octanol–water partition coefficient (Wildman–Crippen LogP) is 5.04. The van der Waals surface area contributed by atoms with Crippen LogP contribution in [0.1, 0.15) is 67.1 Å². The molecule has 1 fully saturated rings. The molecule has 0 aliphatic carbocycles. The molecule has 1 aliphatic heterocycles. The van der Waals surface area contributed by atoms with Gasteiger partial charge in [-0.15, -0.1) is 0 Å². The lowest BCUT2D eigenvalue weighted by molar-refractivity contribution is 0.0705. The molecule has 2 aromatic heterocycles. The Kier molecular flexibility index (Phi) is 5.79. The zero-order valence-corrected chi connectivity index (χ0v) is 18.7. The van der Waals surface area contributed by atoms with E-state index < -0.39 is 11.6 Å². The van der Waals surface area contributed by atoms with E-state index in [0.717, 1.165) is 41.9 Å². The van der Waals surface area contributed by atoms with Gasteiger partial charge in [-0.2, -0.15) is 0 Å². The van der Waals surface area contributed by atoms with Gasteiger partial charge < -0.3 is 9.42 Å². The van der Waals surface area contributed by atoms with E-state index in [0.29, 0.717) is 24.7 Å². The molecule has 0 bridgehead atoms. The molecule has 3 aromatic rings. The van der Waals surface area contributed by atoms with Gasteiger partial charge in [-0.05, 0) is 38.0 Å². The number of hydrogen-bond acceptors (Lipinski definition) is 5. The number of aromatic nitrogens is 3. The first kappa shape index (κ1) is 22.0. The molecule has 0 spiro atoms. The minimum Gasteiger partial charge on any atom is -0.356 e. The standard InChI is InChI=1S/C24H26F2N4O2/c1-14-10-20(32-29-14)17-12-27-23(24(2,3)4)28-21(17)16-6-5-9-30(13-16)22(31)15-7-8-18(25)19(26)11-15/h7-8,10-12,16H,5-6,9,13H2,1-4H3. The third kappa shape index (κ3) is 4.40. The molecule has 0 N–H and O–H groups in total. The number of benzene rings is 1. The third-order valence-corrected chi connectivity index (χ3v) is 5.64. The molecule has 1 amide bonds. The van der Waals surface area contributed by atoms with Crippen LogP contribution in [0.2, 0.25) is 0 Å². The quantitative estimate of drug-likeness (QED) is 0.571. The molecular weight excluding hydrogens is 414 g/mol. The Balaban J connectivity index is 1.68. The summed E-state index contributed by atoms with van der Waals surface area (Å²) in [6.45, 7) is 8.94. The van der Waals surface area contributed by atoms with Crippen LogP contribution in [0.25, 0.3) is 11.3 Å². The number of carbonyl (C=O) groups excluding carboxylic acids is 1. The van der Waals surface area contributed by atoms with E-state index >= 15 is 0 Å². The second-order valence-corrected chi connectivity index (χ2v) is 9.29. The Morgan fingerprint density at radius 1 is 1.19 bits per heavy atom. The smallest absolute Gasteiger partial charge is 0.253 e. The predicted molar refractivity (Wildman–Crippen MR) is 115 cm³/mol. The van der Waals surface area contributed by atoms with E-state index in [-0.39, 0.29) is 22.8 Å². The summed E-state index contributed by atoms with van der Waals surface area (Å²) in [6, 6.07) is 5.09. The molecule has 168 valence electrons. The summed E-state index contributed by atoms with van der Waals surface area (Å²) in [6.07, 6.45) is 3.37. The van der Waals surface area contributed by atoms with Crippen LogP contribution in [0.5, 0.6) is 0 Å². The molecule has 8 heteroatoms. The van der Waals surface area contributed by atoms with Gasteiger partial charge in [0.2, 0.25) is 0 Å². The first-order chi connectivity index (χ1) is 15.1. The highest BCUT2D eigenvalue weighted by Gasteiger charge is 2.31. The van der Waals surface area contributed by atoms with Crippen molar-refractivity contribution in [2.75, 3.05) is 13.1 Å². The molecule has 1 saturated heterocycles. The van der Waals surface area contributed by atoms with Crippen LogP contribution in [0, 0.1) is 18.6 Å². The van der Waals surface area contributed by atoms with Gasteiger partial charge >= 0.3 is 0 Å². The molecule has 0 radical (unpaired) electrons. The number of halogens is 2. The Bertz CT molecular complexity index is 1150. The highest BCUT2D eigenvalue weighted by atomic mass is 19.2. The summed E-state index contributed by atoms with van der Waals surface area (Å²) in [7, 11) is 0. The van der Waals surface area contributed by atoms with Crippen LogP contribution in [0.15, 0.2) is 35.0 Å². The fraction of sp³-hybridized carbons (Fsp3) is 0.417. The fourth-order valence-electron chi connectivity index (χ4n) is 3.94. The molecule has 32 heavy (non-hydrogen) atoms. The molecule has 1 aliphatic rings. The molecule has 1 aromatic carbocycles.